The highest BCUT2D eigenvalue weighted by molar-refractivity contribution is 6.14. The number of benzene rings is 1. The van der Waals surface area contributed by atoms with Crippen LogP contribution in [0, 0.1) is 0 Å². The SMILES string of the molecule is CC(=O)N(C(C)=O)c1c(C=O)ncn(-c2ccccc2)c1=O. The Morgan fingerprint density at radius 2 is 1.73 bits per heavy atom. The lowest BCUT2D eigenvalue weighted by Crippen LogP contribution is -2.40. The topological polar surface area (TPSA) is 89.3 Å². The summed E-state index contributed by atoms with van der Waals surface area (Å²) < 4.78 is 1.17. The van der Waals surface area contributed by atoms with Crippen molar-refractivity contribution in [2.45, 2.75) is 13.8 Å². The molecule has 0 bridgehead atoms. The average molecular weight is 299 g/mol. The first-order valence-corrected chi connectivity index (χ1v) is 6.41. The Kier molecular flexibility index (Phi) is 4.26. The van der Waals surface area contributed by atoms with Crippen molar-refractivity contribution in [2.24, 2.45) is 0 Å². The van der Waals surface area contributed by atoms with E-state index in [0.717, 1.165) is 13.8 Å². The fourth-order valence-electron chi connectivity index (χ4n) is 2.06. The third-order valence-electron chi connectivity index (χ3n) is 2.98. The molecule has 0 radical (unpaired) electrons. The molecule has 1 aromatic heterocycles. The number of amides is 2. The van der Waals surface area contributed by atoms with E-state index < -0.39 is 17.4 Å². The van der Waals surface area contributed by atoms with Crippen LogP contribution in [0.1, 0.15) is 24.3 Å². The monoisotopic (exact) mass is 299 g/mol. The van der Waals surface area contributed by atoms with Crippen LogP contribution in [0.4, 0.5) is 5.69 Å². The van der Waals surface area contributed by atoms with E-state index in [4.69, 9.17) is 0 Å². The molecular formula is C15H13N3O4. The minimum Gasteiger partial charge on any atom is -0.296 e. The number of carbonyl (C=O) groups is 3. The van der Waals surface area contributed by atoms with Crippen molar-refractivity contribution in [1.82, 2.24) is 9.55 Å². The first kappa shape index (κ1) is 15.3. The van der Waals surface area contributed by atoms with Crippen LogP contribution in [0.25, 0.3) is 5.69 Å². The van der Waals surface area contributed by atoms with Gasteiger partial charge in [0.1, 0.15) is 17.7 Å². The van der Waals surface area contributed by atoms with Gasteiger partial charge in [-0.1, -0.05) is 18.2 Å². The molecule has 0 saturated carbocycles. The molecule has 1 aromatic carbocycles. The van der Waals surface area contributed by atoms with E-state index in [9.17, 15) is 19.2 Å². The van der Waals surface area contributed by atoms with Crippen molar-refractivity contribution in [3.63, 3.8) is 0 Å². The largest absolute Gasteiger partial charge is 0.296 e. The van der Waals surface area contributed by atoms with E-state index in [-0.39, 0.29) is 11.4 Å². The molecule has 0 fully saturated rings. The standard InChI is InChI=1S/C15H13N3O4/c1-10(20)18(11(2)21)14-13(8-19)16-9-17(15(14)22)12-6-4-3-5-7-12/h3-9H,1-2H3. The fraction of sp³-hybridized carbons (Fsp3) is 0.133. The molecule has 1 heterocycles. The summed E-state index contributed by atoms with van der Waals surface area (Å²) in [5, 5.41) is 0. The van der Waals surface area contributed by atoms with Crippen molar-refractivity contribution in [3.05, 3.63) is 52.7 Å². The lowest BCUT2D eigenvalue weighted by Gasteiger charge is -2.18. The summed E-state index contributed by atoms with van der Waals surface area (Å²) in [5.74, 6) is -1.33. The molecule has 2 aromatic rings. The Hall–Kier alpha value is -3.09. The van der Waals surface area contributed by atoms with Gasteiger partial charge in [0.2, 0.25) is 11.8 Å². The predicted octanol–water partition coefficient (Wildman–Crippen LogP) is 0.944. The number of nitrogens with zero attached hydrogens (tertiary/aromatic N) is 3. The van der Waals surface area contributed by atoms with Crippen LogP contribution in [-0.2, 0) is 9.59 Å². The Balaban J connectivity index is 2.77. The summed E-state index contributed by atoms with van der Waals surface area (Å²) in [6, 6.07) is 8.56. The molecule has 2 rings (SSSR count). The number of rotatable bonds is 3. The van der Waals surface area contributed by atoms with Gasteiger partial charge in [0.15, 0.2) is 6.29 Å². The third-order valence-corrected chi connectivity index (χ3v) is 2.98. The van der Waals surface area contributed by atoms with Gasteiger partial charge in [-0.3, -0.25) is 23.7 Å². The molecule has 0 aliphatic carbocycles. The number of anilines is 1. The van der Waals surface area contributed by atoms with Crippen molar-refractivity contribution in [1.29, 1.82) is 0 Å². The highest BCUT2D eigenvalue weighted by atomic mass is 16.2. The zero-order chi connectivity index (χ0) is 16.3. The maximum atomic E-state index is 12.6. The van der Waals surface area contributed by atoms with Crippen molar-refractivity contribution in [2.75, 3.05) is 4.90 Å². The molecular weight excluding hydrogens is 286 g/mol. The number of para-hydroxylation sites is 1. The molecule has 7 nitrogen and oxygen atoms in total. The van der Waals surface area contributed by atoms with Gasteiger partial charge in [-0.15, -0.1) is 0 Å². The van der Waals surface area contributed by atoms with Crippen LogP contribution < -0.4 is 10.5 Å². The molecule has 0 aliphatic heterocycles. The van der Waals surface area contributed by atoms with Crippen LogP contribution in [0.2, 0.25) is 0 Å². The summed E-state index contributed by atoms with van der Waals surface area (Å²) in [6.45, 7) is 2.27. The molecule has 112 valence electrons. The molecule has 7 heteroatoms. The number of hydrogen-bond acceptors (Lipinski definition) is 5. The zero-order valence-electron chi connectivity index (χ0n) is 12.0. The number of aldehydes is 1. The molecule has 0 aliphatic rings. The summed E-state index contributed by atoms with van der Waals surface area (Å²) in [4.78, 5) is 51.6. The predicted molar refractivity (Wildman–Crippen MR) is 79.1 cm³/mol. The van der Waals surface area contributed by atoms with E-state index in [2.05, 4.69) is 4.98 Å². The lowest BCUT2D eigenvalue weighted by molar-refractivity contribution is -0.124. The van der Waals surface area contributed by atoms with Gasteiger partial charge in [-0.05, 0) is 12.1 Å². The molecule has 22 heavy (non-hydrogen) atoms. The number of aromatic nitrogens is 2. The molecule has 2 amide bonds. The van der Waals surface area contributed by atoms with Crippen molar-refractivity contribution >= 4 is 23.8 Å². The van der Waals surface area contributed by atoms with Crippen molar-refractivity contribution in [3.8, 4) is 5.69 Å². The molecule has 0 unspecified atom stereocenters. The summed E-state index contributed by atoms with van der Waals surface area (Å²) in [5.41, 5.74) is -0.775. The van der Waals surface area contributed by atoms with Gasteiger partial charge < -0.3 is 0 Å². The fourth-order valence-corrected chi connectivity index (χ4v) is 2.06. The minimum atomic E-state index is -0.672. The highest BCUT2D eigenvalue weighted by Gasteiger charge is 2.25. The summed E-state index contributed by atoms with van der Waals surface area (Å²) >= 11 is 0. The van der Waals surface area contributed by atoms with Gasteiger partial charge in [-0.2, -0.15) is 0 Å². The maximum absolute atomic E-state index is 12.6. The first-order valence-electron chi connectivity index (χ1n) is 6.41. The Morgan fingerprint density at radius 1 is 1.14 bits per heavy atom. The van der Waals surface area contributed by atoms with Crippen LogP contribution in [0.5, 0.6) is 0 Å². The van der Waals surface area contributed by atoms with E-state index in [0.29, 0.717) is 16.9 Å². The van der Waals surface area contributed by atoms with E-state index >= 15 is 0 Å². The average Bonchev–Trinajstić information content (AvgIpc) is 2.49. The molecule has 0 atom stereocenters. The van der Waals surface area contributed by atoms with Gasteiger partial charge >= 0.3 is 0 Å². The zero-order valence-corrected chi connectivity index (χ0v) is 12.0. The number of carbonyl (C=O) groups excluding carboxylic acids is 3. The van der Waals surface area contributed by atoms with E-state index in [1.807, 2.05) is 0 Å². The quantitative estimate of drug-likeness (QED) is 0.787. The van der Waals surface area contributed by atoms with E-state index in [1.54, 1.807) is 30.3 Å². The molecule has 0 spiro atoms. The van der Waals surface area contributed by atoms with Crippen LogP contribution in [0.3, 0.4) is 0 Å². The lowest BCUT2D eigenvalue weighted by atomic mass is 10.2. The van der Waals surface area contributed by atoms with Gasteiger partial charge in [-0.25, -0.2) is 9.88 Å². The van der Waals surface area contributed by atoms with Crippen molar-refractivity contribution < 1.29 is 14.4 Å². The van der Waals surface area contributed by atoms with Gasteiger partial charge in [0.05, 0.1) is 5.69 Å². The van der Waals surface area contributed by atoms with Gasteiger partial charge in [0, 0.05) is 13.8 Å². The Bertz CT molecular complexity index is 782. The number of imide groups is 1. The highest BCUT2D eigenvalue weighted by Crippen LogP contribution is 2.14. The molecule has 0 saturated heterocycles. The summed E-state index contributed by atoms with van der Waals surface area (Å²) in [7, 11) is 0. The van der Waals surface area contributed by atoms with Crippen LogP contribution in [-0.4, -0.2) is 27.7 Å². The number of hydrogen-bond donors (Lipinski definition) is 0. The second kappa shape index (κ2) is 6.13. The maximum Gasteiger partial charge on any atom is 0.283 e. The Labute approximate surface area is 125 Å². The third kappa shape index (κ3) is 2.69. The Morgan fingerprint density at radius 3 is 2.23 bits per heavy atom. The molecule has 0 N–H and O–H groups in total. The second-order valence-electron chi connectivity index (χ2n) is 4.48. The first-order chi connectivity index (χ1) is 10.5. The summed E-state index contributed by atoms with van der Waals surface area (Å²) in [6.07, 6.45) is 1.52. The normalized spacial score (nSPS) is 10.1. The second-order valence-corrected chi connectivity index (χ2v) is 4.48. The van der Waals surface area contributed by atoms with E-state index in [1.165, 1.54) is 10.9 Å². The van der Waals surface area contributed by atoms with Crippen LogP contribution in [0.15, 0.2) is 41.5 Å². The smallest absolute Gasteiger partial charge is 0.283 e. The minimum absolute atomic E-state index is 0.261. The van der Waals surface area contributed by atoms with Gasteiger partial charge in [0.25, 0.3) is 5.56 Å². The van der Waals surface area contributed by atoms with Crippen LogP contribution >= 0.6 is 0 Å².